The van der Waals surface area contributed by atoms with Gasteiger partial charge in [-0.15, -0.1) is 0 Å². The molecule has 17 heavy (non-hydrogen) atoms. The highest BCUT2D eigenvalue weighted by molar-refractivity contribution is 5.95. The molecule has 0 heterocycles. The third kappa shape index (κ3) is 1.80. The minimum atomic E-state index is -0.549. The van der Waals surface area contributed by atoms with E-state index in [0.717, 1.165) is 0 Å². The van der Waals surface area contributed by atoms with Crippen molar-refractivity contribution >= 4 is 22.1 Å². The second kappa shape index (κ2) is 3.82. The fourth-order valence-corrected chi connectivity index (χ4v) is 1.74. The van der Waals surface area contributed by atoms with Crippen molar-refractivity contribution in [1.82, 2.24) is 0 Å². The van der Waals surface area contributed by atoms with Gasteiger partial charge in [0.1, 0.15) is 0 Å². The number of nitrogens with zero attached hydrogens (tertiary/aromatic N) is 2. The van der Waals surface area contributed by atoms with Gasteiger partial charge in [0, 0.05) is 18.2 Å². The zero-order valence-corrected chi connectivity index (χ0v) is 8.62. The van der Waals surface area contributed by atoms with Crippen molar-refractivity contribution in [2.24, 2.45) is 0 Å². The van der Waals surface area contributed by atoms with Crippen LogP contribution in [0.15, 0.2) is 30.3 Å². The second-order valence-corrected chi connectivity index (χ2v) is 3.49. The van der Waals surface area contributed by atoms with E-state index in [2.05, 4.69) is 6.92 Å². The summed E-state index contributed by atoms with van der Waals surface area (Å²) in [6.07, 6.45) is 0. The van der Waals surface area contributed by atoms with Gasteiger partial charge in [-0.2, -0.15) is 0 Å². The molecule has 0 fully saturated rings. The number of hydrogen-bond donors (Lipinski definition) is 0. The summed E-state index contributed by atoms with van der Waals surface area (Å²) in [5.74, 6) is 0. The van der Waals surface area contributed by atoms with Crippen LogP contribution in [0.25, 0.3) is 10.8 Å². The molecule has 6 nitrogen and oxygen atoms in total. The molecule has 6 heteroatoms. The largest absolute Gasteiger partial charge is 0.277 e. The van der Waals surface area contributed by atoms with Crippen molar-refractivity contribution < 1.29 is 9.85 Å². The average molecular weight is 231 g/mol. The number of fused-ring (bicyclic) bond motifs is 1. The van der Waals surface area contributed by atoms with Gasteiger partial charge in [0.25, 0.3) is 11.4 Å². The van der Waals surface area contributed by atoms with Crippen LogP contribution in [0.3, 0.4) is 0 Å². The smallest absolute Gasteiger partial charge is 0.258 e. The lowest BCUT2D eigenvalue weighted by molar-refractivity contribution is -0.385. The van der Waals surface area contributed by atoms with E-state index in [9.17, 15) is 20.2 Å². The molecule has 85 valence electrons. The normalized spacial score (nSPS) is 10.4. The molecule has 0 unspecified atom stereocenters. The molecule has 0 saturated heterocycles. The SMILES string of the molecule is [CH2]c1cc([N+](=O)[O-])cc2cccc([N+](=O)[O-])c12. The predicted octanol–water partition coefficient (Wildman–Crippen LogP) is 2.84. The number of hydrogen-bond acceptors (Lipinski definition) is 4. The van der Waals surface area contributed by atoms with Crippen molar-refractivity contribution in [3.8, 4) is 0 Å². The third-order valence-corrected chi connectivity index (χ3v) is 2.43. The average Bonchev–Trinajstić information content (AvgIpc) is 2.27. The summed E-state index contributed by atoms with van der Waals surface area (Å²) in [7, 11) is 0. The predicted molar refractivity (Wildman–Crippen MR) is 61.7 cm³/mol. The van der Waals surface area contributed by atoms with E-state index in [-0.39, 0.29) is 16.9 Å². The Bertz CT molecular complexity index is 637. The molecular weight excluding hydrogens is 224 g/mol. The van der Waals surface area contributed by atoms with Gasteiger partial charge in [-0.05, 0) is 17.9 Å². The summed E-state index contributed by atoms with van der Waals surface area (Å²) in [6, 6.07) is 6.96. The summed E-state index contributed by atoms with van der Waals surface area (Å²) < 4.78 is 0. The number of non-ortho nitro benzene ring substituents is 2. The molecule has 0 atom stereocenters. The van der Waals surface area contributed by atoms with Crippen molar-refractivity contribution in [2.75, 3.05) is 0 Å². The van der Waals surface area contributed by atoms with Gasteiger partial charge in [-0.25, -0.2) is 0 Å². The first kappa shape index (κ1) is 11.0. The first-order chi connectivity index (χ1) is 8.00. The highest BCUT2D eigenvalue weighted by Gasteiger charge is 2.17. The Balaban J connectivity index is 2.85. The number of benzene rings is 2. The molecule has 0 amide bonds. The highest BCUT2D eigenvalue weighted by Crippen LogP contribution is 2.31. The topological polar surface area (TPSA) is 86.3 Å². The maximum absolute atomic E-state index is 10.8. The van der Waals surface area contributed by atoms with E-state index in [1.807, 2.05) is 0 Å². The maximum Gasteiger partial charge on any atom is 0.277 e. The molecular formula is C11H7N2O4. The lowest BCUT2D eigenvalue weighted by Gasteiger charge is -2.03. The van der Waals surface area contributed by atoms with Crippen LogP contribution in [0.1, 0.15) is 5.56 Å². The lowest BCUT2D eigenvalue weighted by Crippen LogP contribution is -1.94. The van der Waals surface area contributed by atoms with Crippen LogP contribution in [0.2, 0.25) is 0 Å². The van der Waals surface area contributed by atoms with E-state index < -0.39 is 9.85 Å². The first-order valence-electron chi connectivity index (χ1n) is 4.68. The molecule has 0 saturated carbocycles. The van der Waals surface area contributed by atoms with Crippen LogP contribution in [0.4, 0.5) is 11.4 Å². The Hall–Kier alpha value is -2.50. The zero-order valence-electron chi connectivity index (χ0n) is 8.62. The molecule has 2 rings (SSSR count). The van der Waals surface area contributed by atoms with Crippen LogP contribution in [-0.4, -0.2) is 9.85 Å². The van der Waals surface area contributed by atoms with Gasteiger partial charge < -0.3 is 0 Å². The van der Waals surface area contributed by atoms with Gasteiger partial charge in [0.05, 0.1) is 15.2 Å². The first-order valence-corrected chi connectivity index (χ1v) is 4.68. The molecule has 0 spiro atoms. The molecule has 0 aliphatic rings. The summed E-state index contributed by atoms with van der Waals surface area (Å²) in [5.41, 5.74) is 0.0619. The molecule has 0 aromatic heterocycles. The van der Waals surface area contributed by atoms with Gasteiger partial charge >= 0.3 is 0 Å². The fourth-order valence-electron chi connectivity index (χ4n) is 1.74. The Morgan fingerprint density at radius 1 is 1.06 bits per heavy atom. The summed E-state index contributed by atoms with van der Waals surface area (Å²) in [4.78, 5) is 20.4. The van der Waals surface area contributed by atoms with Gasteiger partial charge in [-0.3, -0.25) is 20.2 Å². The summed E-state index contributed by atoms with van der Waals surface area (Å²) >= 11 is 0. The Morgan fingerprint density at radius 2 is 1.76 bits per heavy atom. The second-order valence-electron chi connectivity index (χ2n) is 3.49. The number of nitro benzene ring substituents is 2. The Morgan fingerprint density at radius 3 is 2.35 bits per heavy atom. The Labute approximate surface area is 95.8 Å². The number of nitro groups is 2. The van der Waals surface area contributed by atoms with Crippen LogP contribution < -0.4 is 0 Å². The number of rotatable bonds is 2. The molecule has 0 aliphatic heterocycles. The summed E-state index contributed by atoms with van der Waals surface area (Å²) in [5, 5.41) is 22.3. The van der Waals surface area contributed by atoms with Crippen molar-refractivity contribution in [3.05, 3.63) is 63.0 Å². The molecule has 2 aromatic rings. The van der Waals surface area contributed by atoms with Crippen molar-refractivity contribution in [1.29, 1.82) is 0 Å². The molecule has 0 N–H and O–H groups in total. The van der Waals surface area contributed by atoms with E-state index >= 15 is 0 Å². The minimum absolute atomic E-state index is 0.0950. The van der Waals surface area contributed by atoms with Crippen LogP contribution in [0.5, 0.6) is 0 Å². The van der Waals surface area contributed by atoms with E-state index in [0.29, 0.717) is 10.8 Å². The quantitative estimate of drug-likeness (QED) is 0.587. The molecule has 0 aliphatic carbocycles. The standard InChI is InChI=1S/C11H7N2O4/c1-7-5-9(12(14)15)6-8-3-2-4-10(11(7)8)13(16)17/h2-6H,1H2. The maximum atomic E-state index is 10.8. The molecule has 0 bridgehead atoms. The monoisotopic (exact) mass is 231 g/mol. The Kier molecular flexibility index (Phi) is 2.47. The zero-order chi connectivity index (χ0) is 12.6. The van der Waals surface area contributed by atoms with Crippen molar-refractivity contribution in [3.63, 3.8) is 0 Å². The molecule has 1 radical (unpaired) electrons. The van der Waals surface area contributed by atoms with Crippen LogP contribution in [0, 0.1) is 27.2 Å². The van der Waals surface area contributed by atoms with E-state index in [4.69, 9.17) is 0 Å². The van der Waals surface area contributed by atoms with E-state index in [1.165, 1.54) is 24.3 Å². The fraction of sp³-hybridized carbons (Fsp3) is 0. The molecule has 2 aromatic carbocycles. The van der Waals surface area contributed by atoms with Gasteiger partial charge in [0.15, 0.2) is 0 Å². The summed E-state index contributed by atoms with van der Waals surface area (Å²) in [6.45, 7) is 3.63. The van der Waals surface area contributed by atoms with Crippen LogP contribution >= 0.6 is 0 Å². The third-order valence-electron chi connectivity index (χ3n) is 2.43. The minimum Gasteiger partial charge on any atom is -0.258 e. The van der Waals surface area contributed by atoms with Gasteiger partial charge in [0.2, 0.25) is 0 Å². The lowest BCUT2D eigenvalue weighted by atomic mass is 10.0. The van der Waals surface area contributed by atoms with E-state index in [1.54, 1.807) is 6.07 Å². The van der Waals surface area contributed by atoms with Gasteiger partial charge in [-0.1, -0.05) is 12.1 Å². The highest BCUT2D eigenvalue weighted by atomic mass is 16.6. The van der Waals surface area contributed by atoms with Crippen molar-refractivity contribution in [2.45, 2.75) is 0 Å². The van der Waals surface area contributed by atoms with Crippen LogP contribution in [-0.2, 0) is 0 Å².